The summed E-state index contributed by atoms with van der Waals surface area (Å²) in [6, 6.07) is 3.98. The zero-order valence-corrected chi connectivity index (χ0v) is 12.8. The van der Waals surface area contributed by atoms with E-state index in [2.05, 4.69) is 15.2 Å². The molecule has 1 N–H and O–H groups in total. The molecule has 7 heteroatoms. The van der Waals surface area contributed by atoms with Crippen molar-refractivity contribution in [2.24, 2.45) is 0 Å². The highest BCUT2D eigenvalue weighted by Gasteiger charge is 2.25. The SMILES string of the molecule is C[C@H](Sc1n[nH]c(-c2cccs2)n1)C(=O)N1CCCC1. The molecule has 0 aromatic carbocycles. The predicted octanol–water partition coefficient (Wildman–Crippen LogP) is 2.64. The molecule has 1 saturated heterocycles. The van der Waals surface area contributed by atoms with E-state index in [0.717, 1.165) is 36.6 Å². The van der Waals surface area contributed by atoms with Crippen molar-refractivity contribution >= 4 is 29.0 Å². The van der Waals surface area contributed by atoms with Gasteiger partial charge in [0.05, 0.1) is 10.1 Å². The van der Waals surface area contributed by atoms with Crippen molar-refractivity contribution in [3.05, 3.63) is 17.5 Å². The summed E-state index contributed by atoms with van der Waals surface area (Å²) in [5, 5.41) is 9.61. The first kappa shape index (κ1) is 13.6. The normalized spacial score (nSPS) is 16.6. The van der Waals surface area contributed by atoms with Crippen LogP contribution < -0.4 is 0 Å². The Morgan fingerprint density at radius 3 is 3.00 bits per heavy atom. The molecule has 0 saturated carbocycles. The van der Waals surface area contributed by atoms with Crippen LogP contribution in [0.15, 0.2) is 22.7 Å². The van der Waals surface area contributed by atoms with E-state index in [1.807, 2.05) is 29.3 Å². The monoisotopic (exact) mass is 308 g/mol. The molecule has 1 fully saturated rings. The van der Waals surface area contributed by atoms with Gasteiger partial charge in [-0.15, -0.1) is 16.4 Å². The zero-order valence-electron chi connectivity index (χ0n) is 11.2. The van der Waals surface area contributed by atoms with Gasteiger partial charge in [0.1, 0.15) is 0 Å². The summed E-state index contributed by atoms with van der Waals surface area (Å²) in [4.78, 5) is 19.7. The molecule has 0 radical (unpaired) electrons. The topological polar surface area (TPSA) is 61.9 Å². The molecule has 5 nitrogen and oxygen atoms in total. The Morgan fingerprint density at radius 2 is 2.30 bits per heavy atom. The number of aromatic nitrogens is 3. The number of thioether (sulfide) groups is 1. The smallest absolute Gasteiger partial charge is 0.235 e. The molecule has 106 valence electrons. The number of rotatable bonds is 4. The Labute approximate surface area is 125 Å². The van der Waals surface area contributed by atoms with Crippen molar-refractivity contribution in [2.45, 2.75) is 30.2 Å². The Kier molecular flexibility index (Phi) is 4.07. The summed E-state index contributed by atoms with van der Waals surface area (Å²) in [7, 11) is 0. The van der Waals surface area contributed by atoms with Crippen LogP contribution in [0, 0.1) is 0 Å². The van der Waals surface area contributed by atoms with Crippen molar-refractivity contribution in [3.8, 4) is 10.7 Å². The average Bonchev–Trinajstić information content (AvgIpc) is 3.19. The molecule has 1 amide bonds. The van der Waals surface area contributed by atoms with Gasteiger partial charge >= 0.3 is 0 Å². The fraction of sp³-hybridized carbons (Fsp3) is 0.462. The van der Waals surface area contributed by atoms with Crippen LogP contribution in [0.3, 0.4) is 0 Å². The van der Waals surface area contributed by atoms with Gasteiger partial charge in [-0.3, -0.25) is 9.89 Å². The average molecular weight is 308 g/mol. The van der Waals surface area contributed by atoms with Gasteiger partial charge in [0.2, 0.25) is 11.1 Å². The first-order valence-corrected chi connectivity index (χ1v) is 8.41. The lowest BCUT2D eigenvalue weighted by atomic mass is 10.4. The summed E-state index contributed by atoms with van der Waals surface area (Å²) in [5.41, 5.74) is 0. The number of carbonyl (C=O) groups is 1. The molecule has 1 aliphatic rings. The molecule has 3 heterocycles. The van der Waals surface area contributed by atoms with Gasteiger partial charge in [-0.1, -0.05) is 17.8 Å². The molecule has 0 unspecified atom stereocenters. The Balaban J connectivity index is 1.64. The van der Waals surface area contributed by atoms with E-state index in [9.17, 15) is 4.79 Å². The number of aromatic amines is 1. The summed E-state index contributed by atoms with van der Waals surface area (Å²) < 4.78 is 0. The van der Waals surface area contributed by atoms with Crippen LogP contribution in [0.2, 0.25) is 0 Å². The second kappa shape index (κ2) is 5.97. The van der Waals surface area contributed by atoms with Gasteiger partial charge in [-0.05, 0) is 31.2 Å². The third-order valence-electron chi connectivity index (χ3n) is 3.27. The second-order valence-corrected chi connectivity index (χ2v) is 6.99. The van der Waals surface area contributed by atoms with Crippen molar-refractivity contribution < 1.29 is 4.79 Å². The van der Waals surface area contributed by atoms with E-state index in [1.165, 1.54) is 11.8 Å². The first-order valence-electron chi connectivity index (χ1n) is 6.66. The van der Waals surface area contributed by atoms with Gasteiger partial charge in [0.15, 0.2) is 5.82 Å². The van der Waals surface area contributed by atoms with E-state index in [1.54, 1.807) is 11.3 Å². The van der Waals surface area contributed by atoms with Gasteiger partial charge in [-0.25, -0.2) is 4.98 Å². The molecule has 1 atom stereocenters. The fourth-order valence-electron chi connectivity index (χ4n) is 2.23. The van der Waals surface area contributed by atoms with Crippen molar-refractivity contribution in [1.82, 2.24) is 20.1 Å². The fourth-order valence-corrected chi connectivity index (χ4v) is 3.70. The molecule has 2 aromatic heterocycles. The van der Waals surface area contributed by atoms with Crippen LogP contribution in [0.25, 0.3) is 10.7 Å². The van der Waals surface area contributed by atoms with Crippen LogP contribution in [0.4, 0.5) is 0 Å². The van der Waals surface area contributed by atoms with Crippen LogP contribution in [0.1, 0.15) is 19.8 Å². The Morgan fingerprint density at radius 1 is 1.50 bits per heavy atom. The largest absolute Gasteiger partial charge is 0.342 e. The highest BCUT2D eigenvalue weighted by molar-refractivity contribution is 8.00. The van der Waals surface area contributed by atoms with E-state index < -0.39 is 0 Å². The molecular weight excluding hydrogens is 292 g/mol. The van der Waals surface area contributed by atoms with Gasteiger partial charge < -0.3 is 4.90 Å². The van der Waals surface area contributed by atoms with Crippen molar-refractivity contribution in [1.29, 1.82) is 0 Å². The minimum absolute atomic E-state index is 0.139. The number of likely N-dealkylation sites (tertiary alicyclic amines) is 1. The van der Waals surface area contributed by atoms with Crippen molar-refractivity contribution in [3.63, 3.8) is 0 Å². The van der Waals surface area contributed by atoms with Crippen molar-refractivity contribution in [2.75, 3.05) is 13.1 Å². The predicted molar refractivity (Wildman–Crippen MR) is 80.8 cm³/mol. The second-order valence-electron chi connectivity index (χ2n) is 4.74. The molecule has 0 spiro atoms. The lowest BCUT2D eigenvalue weighted by Gasteiger charge is -2.18. The van der Waals surface area contributed by atoms with Gasteiger partial charge in [0, 0.05) is 13.1 Å². The van der Waals surface area contributed by atoms with Gasteiger partial charge in [0.25, 0.3) is 0 Å². The van der Waals surface area contributed by atoms with E-state index in [4.69, 9.17) is 0 Å². The summed E-state index contributed by atoms with van der Waals surface area (Å²) >= 11 is 3.03. The minimum atomic E-state index is -0.139. The standard InChI is InChI=1S/C13H16N4OS2/c1-9(12(18)17-6-2-3-7-17)20-13-14-11(15-16-13)10-5-4-8-19-10/h4-5,8-9H,2-3,6-7H2,1H3,(H,14,15,16)/t9-/m0/s1. The lowest BCUT2D eigenvalue weighted by Crippen LogP contribution is -2.34. The number of carbonyl (C=O) groups excluding carboxylic acids is 1. The Hall–Kier alpha value is -1.34. The molecule has 1 aliphatic heterocycles. The highest BCUT2D eigenvalue weighted by atomic mass is 32.2. The molecule has 20 heavy (non-hydrogen) atoms. The molecular formula is C13H16N4OS2. The number of nitrogens with zero attached hydrogens (tertiary/aromatic N) is 3. The van der Waals surface area contributed by atoms with Crippen LogP contribution in [-0.4, -0.2) is 44.3 Å². The number of thiophene rings is 1. The van der Waals surface area contributed by atoms with E-state index >= 15 is 0 Å². The number of nitrogens with one attached hydrogen (secondary N) is 1. The number of amides is 1. The molecule has 3 rings (SSSR count). The van der Waals surface area contributed by atoms with Crippen LogP contribution in [-0.2, 0) is 4.79 Å². The summed E-state index contributed by atoms with van der Waals surface area (Å²) in [5.74, 6) is 0.957. The maximum atomic E-state index is 12.2. The maximum absolute atomic E-state index is 12.2. The lowest BCUT2D eigenvalue weighted by molar-refractivity contribution is -0.129. The van der Waals surface area contributed by atoms with Crippen LogP contribution in [0.5, 0.6) is 0 Å². The number of hydrogen-bond donors (Lipinski definition) is 1. The third kappa shape index (κ3) is 2.88. The third-order valence-corrected chi connectivity index (χ3v) is 5.09. The summed E-state index contributed by atoms with van der Waals surface area (Å²) in [6.07, 6.45) is 2.23. The summed E-state index contributed by atoms with van der Waals surface area (Å²) in [6.45, 7) is 3.70. The quantitative estimate of drug-likeness (QED) is 0.882. The van der Waals surface area contributed by atoms with Crippen LogP contribution >= 0.6 is 23.1 Å². The minimum Gasteiger partial charge on any atom is -0.342 e. The molecule has 0 bridgehead atoms. The molecule has 2 aromatic rings. The Bertz CT molecular complexity index is 575. The molecule has 0 aliphatic carbocycles. The highest BCUT2D eigenvalue weighted by Crippen LogP contribution is 2.26. The van der Waals surface area contributed by atoms with E-state index in [0.29, 0.717) is 5.16 Å². The number of hydrogen-bond acceptors (Lipinski definition) is 5. The maximum Gasteiger partial charge on any atom is 0.235 e. The van der Waals surface area contributed by atoms with E-state index in [-0.39, 0.29) is 11.2 Å². The zero-order chi connectivity index (χ0) is 13.9. The first-order chi connectivity index (χ1) is 9.74. The number of H-pyrrole nitrogens is 1. The van der Waals surface area contributed by atoms with Gasteiger partial charge in [-0.2, -0.15) is 0 Å².